The van der Waals surface area contributed by atoms with Crippen molar-refractivity contribution in [3.63, 3.8) is 0 Å². The third kappa shape index (κ3) is 5.29. The Morgan fingerprint density at radius 2 is 0.879 bits per heavy atom. The van der Waals surface area contributed by atoms with Crippen LogP contribution in [0.3, 0.4) is 0 Å². The van der Waals surface area contributed by atoms with Gasteiger partial charge in [0.1, 0.15) is 11.5 Å². The molecular weight excluding hydrogens is 707 g/mol. The molecule has 270 valence electrons. The summed E-state index contributed by atoms with van der Waals surface area (Å²) in [6, 6.07) is 71.8. The van der Waals surface area contributed by atoms with Crippen LogP contribution < -0.4 is 4.74 Å². The summed E-state index contributed by atoms with van der Waals surface area (Å²) in [5, 5.41) is 9.69. The van der Waals surface area contributed by atoms with Crippen LogP contribution in [0.25, 0.3) is 67.3 Å². The highest BCUT2D eigenvalue weighted by Gasteiger charge is 2.51. The summed E-state index contributed by atoms with van der Waals surface area (Å²) >= 11 is 0. The second kappa shape index (κ2) is 13.4. The van der Waals surface area contributed by atoms with E-state index in [0.29, 0.717) is 11.4 Å². The van der Waals surface area contributed by atoms with E-state index in [1.165, 1.54) is 22.3 Å². The summed E-state index contributed by atoms with van der Waals surface area (Å²) in [4.78, 5) is 10.5. The Labute approximate surface area is 337 Å². The second-order valence-corrected chi connectivity index (χ2v) is 14.8. The van der Waals surface area contributed by atoms with Crippen LogP contribution in [0, 0.1) is 11.3 Å². The van der Waals surface area contributed by atoms with Crippen molar-refractivity contribution in [3.8, 4) is 84.9 Å². The van der Waals surface area contributed by atoms with Gasteiger partial charge in [-0.2, -0.15) is 5.26 Å². The topological polar surface area (TPSA) is 58.8 Å². The van der Waals surface area contributed by atoms with Gasteiger partial charge < -0.3 is 4.74 Å². The minimum atomic E-state index is -0.628. The minimum Gasteiger partial charge on any atom is -0.457 e. The van der Waals surface area contributed by atoms with Crippen LogP contribution in [0.2, 0.25) is 0 Å². The molecule has 0 atom stereocenters. The van der Waals surface area contributed by atoms with Crippen LogP contribution in [0.1, 0.15) is 27.8 Å². The van der Waals surface area contributed by atoms with Crippen molar-refractivity contribution in [3.05, 3.63) is 228 Å². The lowest BCUT2D eigenvalue weighted by atomic mass is 9.66. The fraction of sp³-hybridized carbons (Fsp3) is 0.0185. The zero-order chi connectivity index (χ0) is 38.6. The smallest absolute Gasteiger partial charge is 0.160 e. The number of fused-ring (bicyclic) bond motifs is 9. The predicted octanol–water partition coefficient (Wildman–Crippen LogP) is 13.2. The largest absolute Gasteiger partial charge is 0.457 e. The molecule has 2 heterocycles. The zero-order valence-electron chi connectivity index (χ0n) is 31.3. The van der Waals surface area contributed by atoms with Gasteiger partial charge >= 0.3 is 0 Å². The Kier molecular flexibility index (Phi) is 7.74. The van der Waals surface area contributed by atoms with Crippen LogP contribution in [0.15, 0.2) is 200 Å². The standard InChI is InChI=1S/C54H33N3O/c55-34-35-13-11-18-38(29-35)40-25-27-47-51(31-40)58-52-32-42(26-28-48(52)54(47)45-23-9-7-21-43(45)44-22-8-10-24-46(44)54)53-56-49(37-16-5-2-6-17-37)33-50(57-53)41-20-12-19-39(30-41)36-14-3-1-4-15-36/h1-33H. The molecule has 0 saturated carbocycles. The number of benzene rings is 8. The number of nitrogens with zero attached hydrogens (tertiary/aromatic N) is 3. The molecule has 2 aliphatic rings. The Morgan fingerprint density at radius 1 is 0.379 bits per heavy atom. The van der Waals surface area contributed by atoms with E-state index in [0.717, 1.165) is 73.0 Å². The van der Waals surface area contributed by atoms with Gasteiger partial charge in [0.05, 0.1) is 28.4 Å². The molecule has 9 aromatic rings. The molecule has 0 amide bonds. The van der Waals surface area contributed by atoms with E-state index in [2.05, 4.69) is 158 Å². The van der Waals surface area contributed by atoms with Gasteiger partial charge in [0.25, 0.3) is 0 Å². The molecule has 0 fully saturated rings. The van der Waals surface area contributed by atoms with Gasteiger partial charge in [0.2, 0.25) is 0 Å². The normalized spacial score (nSPS) is 12.7. The maximum Gasteiger partial charge on any atom is 0.160 e. The molecule has 4 heteroatoms. The van der Waals surface area contributed by atoms with Crippen molar-refractivity contribution in [1.82, 2.24) is 9.97 Å². The lowest BCUT2D eigenvalue weighted by Crippen LogP contribution is -2.32. The molecule has 0 bridgehead atoms. The highest BCUT2D eigenvalue weighted by atomic mass is 16.5. The number of nitriles is 1. The number of ether oxygens (including phenoxy) is 1. The van der Waals surface area contributed by atoms with Crippen LogP contribution >= 0.6 is 0 Å². The van der Waals surface area contributed by atoms with Gasteiger partial charge in [0, 0.05) is 27.8 Å². The molecule has 0 radical (unpaired) electrons. The van der Waals surface area contributed by atoms with Crippen LogP contribution in [-0.4, -0.2) is 9.97 Å². The summed E-state index contributed by atoms with van der Waals surface area (Å²) in [7, 11) is 0. The van der Waals surface area contributed by atoms with E-state index >= 15 is 0 Å². The third-order valence-electron chi connectivity index (χ3n) is 11.6. The van der Waals surface area contributed by atoms with Gasteiger partial charge in [-0.15, -0.1) is 0 Å². The quantitative estimate of drug-likeness (QED) is 0.176. The van der Waals surface area contributed by atoms with E-state index in [1.807, 2.05) is 48.5 Å². The summed E-state index contributed by atoms with van der Waals surface area (Å²) in [6.45, 7) is 0. The molecule has 8 aromatic carbocycles. The first-order chi connectivity index (χ1) is 28.7. The van der Waals surface area contributed by atoms with Crippen LogP contribution in [0.4, 0.5) is 0 Å². The summed E-state index contributed by atoms with van der Waals surface area (Å²) < 4.78 is 7.05. The molecule has 1 aliphatic heterocycles. The Hall–Kier alpha value is -7.87. The van der Waals surface area contributed by atoms with E-state index < -0.39 is 5.41 Å². The molecule has 0 unspecified atom stereocenters. The molecule has 58 heavy (non-hydrogen) atoms. The first-order valence-electron chi connectivity index (χ1n) is 19.4. The van der Waals surface area contributed by atoms with Crippen molar-refractivity contribution in [2.45, 2.75) is 5.41 Å². The second-order valence-electron chi connectivity index (χ2n) is 14.8. The molecule has 11 rings (SSSR count). The molecule has 0 N–H and O–H groups in total. The van der Waals surface area contributed by atoms with Gasteiger partial charge in [-0.25, -0.2) is 9.97 Å². The summed E-state index contributed by atoms with van der Waals surface area (Å²) in [5.74, 6) is 2.14. The van der Waals surface area contributed by atoms with Crippen LogP contribution in [0.5, 0.6) is 11.5 Å². The monoisotopic (exact) mass is 739 g/mol. The van der Waals surface area contributed by atoms with Crippen LogP contribution in [-0.2, 0) is 5.41 Å². The maximum atomic E-state index is 9.69. The fourth-order valence-corrected chi connectivity index (χ4v) is 8.97. The maximum absolute atomic E-state index is 9.69. The van der Waals surface area contributed by atoms with Gasteiger partial charge in [-0.05, 0) is 80.9 Å². The highest BCUT2D eigenvalue weighted by Crippen LogP contribution is 2.62. The Morgan fingerprint density at radius 3 is 1.55 bits per heavy atom. The average molecular weight is 740 g/mol. The summed E-state index contributed by atoms with van der Waals surface area (Å²) in [5.41, 5.74) is 15.8. The zero-order valence-corrected chi connectivity index (χ0v) is 31.3. The van der Waals surface area contributed by atoms with E-state index in [-0.39, 0.29) is 0 Å². The van der Waals surface area contributed by atoms with E-state index in [1.54, 1.807) is 0 Å². The Bertz CT molecular complexity index is 3060. The molecule has 0 saturated heterocycles. The minimum absolute atomic E-state index is 0.613. The summed E-state index contributed by atoms with van der Waals surface area (Å²) in [6.07, 6.45) is 0. The van der Waals surface area contributed by atoms with Crippen molar-refractivity contribution in [2.75, 3.05) is 0 Å². The van der Waals surface area contributed by atoms with E-state index in [9.17, 15) is 5.26 Å². The van der Waals surface area contributed by atoms with Gasteiger partial charge in [0.15, 0.2) is 5.82 Å². The fourth-order valence-electron chi connectivity index (χ4n) is 8.97. The predicted molar refractivity (Wildman–Crippen MR) is 231 cm³/mol. The average Bonchev–Trinajstić information content (AvgIpc) is 3.59. The van der Waals surface area contributed by atoms with Crippen molar-refractivity contribution >= 4 is 0 Å². The number of hydrogen-bond donors (Lipinski definition) is 0. The SMILES string of the molecule is N#Cc1cccc(-c2ccc3c(c2)Oc2cc(-c4nc(-c5ccccc5)cc(-c5cccc(-c6ccccc6)c5)n4)ccc2C32c3ccccc3-c3ccccc32)c1. The lowest BCUT2D eigenvalue weighted by Gasteiger charge is -2.39. The first kappa shape index (κ1) is 33.5. The molecule has 1 aromatic heterocycles. The number of rotatable bonds is 5. The molecule has 4 nitrogen and oxygen atoms in total. The molecule has 1 spiro atoms. The van der Waals surface area contributed by atoms with Crippen molar-refractivity contribution in [1.29, 1.82) is 5.26 Å². The van der Waals surface area contributed by atoms with Crippen molar-refractivity contribution < 1.29 is 4.74 Å². The Balaban J connectivity index is 1.12. The number of aromatic nitrogens is 2. The van der Waals surface area contributed by atoms with Gasteiger partial charge in [-0.1, -0.05) is 164 Å². The molecule has 1 aliphatic carbocycles. The first-order valence-corrected chi connectivity index (χ1v) is 19.4. The molecular formula is C54H33N3O. The highest BCUT2D eigenvalue weighted by molar-refractivity contribution is 5.89. The van der Waals surface area contributed by atoms with E-state index in [4.69, 9.17) is 14.7 Å². The number of hydrogen-bond acceptors (Lipinski definition) is 4. The lowest BCUT2D eigenvalue weighted by molar-refractivity contribution is 0.437. The third-order valence-corrected chi connectivity index (χ3v) is 11.6. The van der Waals surface area contributed by atoms with Gasteiger partial charge in [-0.3, -0.25) is 0 Å². The van der Waals surface area contributed by atoms with Crippen molar-refractivity contribution in [2.24, 2.45) is 0 Å².